The van der Waals surface area contributed by atoms with E-state index in [0.717, 1.165) is 5.56 Å². The second-order valence-electron chi connectivity index (χ2n) is 7.53. The standard InChI is InChI=1S/C22H27NO6/c1-3-23(4-2)22(25)29-15-6-7-16-19(12-15)28-13-17(21(16)24)14-5-8-18-20(11-14)27-10-9-26-18/h5,8,11,13,15-16,19H,3-4,6-7,9-10,12H2,1-2H3. The van der Waals surface area contributed by atoms with Crippen LogP contribution in [0.2, 0.25) is 0 Å². The van der Waals surface area contributed by atoms with E-state index >= 15 is 0 Å². The van der Waals surface area contributed by atoms with E-state index in [1.165, 1.54) is 0 Å². The van der Waals surface area contributed by atoms with Gasteiger partial charge in [-0.2, -0.15) is 0 Å². The predicted octanol–water partition coefficient (Wildman–Crippen LogP) is 3.41. The van der Waals surface area contributed by atoms with Gasteiger partial charge in [-0.3, -0.25) is 4.79 Å². The van der Waals surface area contributed by atoms with Crippen LogP contribution in [0, 0.1) is 5.92 Å². The van der Waals surface area contributed by atoms with E-state index in [1.807, 2.05) is 32.0 Å². The number of hydrogen-bond acceptors (Lipinski definition) is 6. The SMILES string of the molecule is CCN(CC)C(=O)OC1CCC2C(=O)C(c3ccc4c(c3)OCCO4)=COC2C1. The Morgan fingerprint density at radius 3 is 2.66 bits per heavy atom. The van der Waals surface area contributed by atoms with E-state index in [9.17, 15) is 9.59 Å². The topological polar surface area (TPSA) is 74.3 Å². The summed E-state index contributed by atoms with van der Waals surface area (Å²) in [5.41, 5.74) is 1.33. The highest BCUT2D eigenvalue weighted by molar-refractivity contribution is 6.22. The molecule has 29 heavy (non-hydrogen) atoms. The van der Waals surface area contributed by atoms with Crippen LogP contribution in [0.15, 0.2) is 24.5 Å². The van der Waals surface area contributed by atoms with Gasteiger partial charge in [-0.15, -0.1) is 0 Å². The summed E-state index contributed by atoms with van der Waals surface area (Å²) in [6.07, 6.45) is 2.61. The lowest BCUT2D eigenvalue weighted by Crippen LogP contribution is -2.43. The van der Waals surface area contributed by atoms with Gasteiger partial charge in [0, 0.05) is 19.5 Å². The number of ether oxygens (including phenoxy) is 4. The van der Waals surface area contributed by atoms with Crippen molar-refractivity contribution in [1.29, 1.82) is 0 Å². The molecule has 3 aliphatic rings. The van der Waals surface area contributed by atoms with Crippen LogP contribution in [0.25, 0.3) is 5.57 Å². The Bertz CT molecular complexity index is 816. The van der Waals surface area contributed by atoms with Gasteiger partial charge in [-0.05, 0) is 44.4 Å². The van der Waals surface area contributed by atoms with Crippen LogP contribution >= 0.6 is 0 Å². The van der Waals surface area contributed by atoms with Crippen molar-refractivity contribution in [1.82, 2.24) is 4.90 Å². The molecule has 0 bridgehead atoms. The molecule has 3 unspecified atom stereocenters. The summed E-state index contributed by atoms with van der Waals surface area (Å²) >= 11 is 0. The number of allylic oxidation sites excluding steroid dienone is 1. The van der Waals surface area contributed by atoms with Crippen LogP contribution in [0.4, 0.5) is 4.79 Å². The Labute approximate surface area is 170 Å². The average molecular weight is 401 g/mol. The van der Waals surface area contributed by atoms with Crippen molar-refractivity contribution in [3.63, 3.8) is 0 Å². The maximum Gasteiger partial charge on any atom is 0.410 e. The Balaban J connectivity index is 1.44. The molecule has 1 aromatic rings. The summed E-state index contributed by atoms with van der Waals surface area (Å²) in [6, 6.07) is 5.52. The highest BCUT2D eigenvalue weighted by Gasteiger charge is 2.41. The lowest BCUT2D eigenvalue weighted by Gasteiger charge is -2.37. The van der Waals surface area contributed by atoms with Crippen LogP contribution in [-0.4, -0.2) is 55.3 Å². The summed E-state index contributed by atoms with van der Waals surface area (Å²) in [7, 11) is 0. The minimum Gasteiger partial charge on any atom is -0.496 e. The largest absolute Gasteiger partial charge is 0.496 e. The maximum atomic E-state index is 13.1. The van der Waals surface area contributed by atoms with Crippen LogP contribution < -0.4 is 9.47 Å². The molecule has 0 N–H and O–H groups in total. The van der Waals surface area contributed by atoms with Gasteiger partial charge in [0.15, 0.2) is 17.3 Å². The molecule has 0 aromatic heterocycles. The zero-order valence-electron chi connectivity index (χ0n) is 16.9. The Morgan fingerprint density at radius 1 is 1.14 bits per heavy atom. The molecule has 4 rings (SSSR count). The van der Waals surface area contributed by atoms with Crippen LogP contribution in [-0.2, 0) is 14.3 Å². The number of Topliss-reactive ketones (excluding diaryl/α,β-unsaturated/α-hetero) is 1. The van der Waals surface area contributed by atoms with Gasteiger partial charge >= 0.3 is 6.09 Å². The van der Waals surface area contributed by atoms with Crippen LogP contribution in [0.3, 0.4) is 0 Å². The zero-order valence-corrected chi connectivity index (χ0v) is 16.9. The molecular weight excluding hydrogens is 374 g/mol. The summed E-state index contributed by atoms with van der Waals surface area (Å²) in [5.74, 6) is 1.20. The highest BCUT2D eigenvalue weighted by atomic mass is 16.6. The molecule has 1 aliphatic carbocycles. The van der Waals surface area contributed by atoms with Gasteiger partial charge in [0.25, 0.3) is 0 Å². The Kier molecular flexibility index (Phi) is 5.65. The molecule has 3 atom stereocenters. The predicted molar refractivity (Wildman–Crippen MR) is 106 cm³/mol. The van der Waals surface area contributed by atoms with Crippen molar-refractivity contribution in [2.45, 2.75) is 45.3 Å². The fourth-order valence-corrected chi connectivity index (χ4v) is 4.18. The molecular formula is C22H27NO6. The fraction of sp³-hybridized carbons (Fsp3) is 0.545. The maximum absolute atomic E-state index is 13.1. The highest BCUT2D eigenvalue weighted by Crippen LogP contribution is 2.39. The second-order valence-corrected chi connectivity index (χ2v) is 7.53. The Morgan fingerprint density at radius 2 is 1.90 bits per heavy atom. The number of amides is 1. The molecule has 1 saturated carbocycles. The number of benzene rings is 1. The Hall–Kier alpha value is -2.70. The van der Waals surface area contributed by atoms with Gasteiger partial charge in [0.05, 0.1) is 17.8 Å². The van der Waals surface area contributed by atoms with E-state index in [-0.39, 0.29) is 30.0 Å². The van der Waals surface area contributed by atoms with Gasteiger partial charge in [-0.25, -0.2) is 4.79 Å². The monoisotopic (exact) mass is 401 g/mol. The van der Waals surface area contributed by atoms with Gasteiger partial charge in [0.1, 0.15) is 25.4 Å². The number of ketones is 1. The molecule has 2 heterocycles. The van der Waals surface area contributed by atoms with Gasteiger partial charge < -0.3 is 23.8 Å². The summed E-state index contributed by atoms with van der Waals surface area (Å²) in [5, 5.41) is 0. The van der Waals surface area contributed by atoms with Crippen molar-refractivity contribution >= 4 is 17.4 Å². The third-order valence-corrected chi connectivity index (χ3v) is 5.85. The quantitative estimate of drug-likeness (QED) is 0.770. The van der Waals surface area contributed by atoms with Crippen LogP contribution in [0.5, 0.6) is 11.5 Å². The molecule has 1 amide bonds. The molecule has 2 aliphatic heterocycles. The molecule has 0 saturated heterocycles. The lowest BCUT2D eigenvalue weighted by molar-refractivity contribution is -0.126. The molecule has 1 fully saturated rings. The number of rotatable bonds is 4. The normalized spacial score (nSPS) is 25.4. The molecule has 0 spiro atoms. The summed E-state index contributed by atoms with van der Waals surface area (Å²) in [4.78, 5) is 27.0. The van der Waals surface area contributed by atoms with Gasteiger partial charge in [-0.1, -0.05) is 6.07 Å². The third kappa shape index (κ3) is 3.91. The first-order valence-electron chi connectivity index (χ1n) is 10.4. The first kappa shape index (κ1) is 19.6. The van der Waals surface area contributed by atoms with Crippen LogP contribution in [0.1, 0.15) is 38.7 Å². The number of nitrogens with zero attached hydrogens (tertiary/aromatic N) is 1. The summed E-state index contributed by atoms with van der Waals surface area (Å²) < 4.78 is 22.7. The molecule has 0 radical (unpaired) electrons. The molecule has 156 valence electrons. The smallest absolute Gasteiger partial charge is 0.410 e. The van der Waals surface area contributed by atoms with E-state index in [0.29, 0.717) is 62.6 Å². The fourth-order valence-electron chi connectivity index (χ4n) is 4.18. The molecule has 7 heteroatoms. The van der Waals surface area contributed by atoms with E-state index in [1.54, 1.807) is 11.2 Å². The van der Waals surface area contributed by atoms with Crippen molar-refractivity contribution in [3.8, 4) is 11.5 Å². The third-order valence-electron chi connectivity index (χ3n) is 5.85. The zero-order chi connectivity index (χ0) is 20.4. The van der Waals surface area contributed by atoms with E-state index in [2.05, 4.69) is 0 Å². The first-order valence-corrected chi connectivity index (χ1v) is 10.4. The average Bonchev–Trinajstić information content (AvgIpc) is 2.74. The van der Waals surface area contributed by atoms with Crippen molar-refractivity contribution in [2.75, 3.05) is 26.3 Å². The second kappa shape index (κ2) is 8.35. The van der Waals surface area contributed by atoms with Crippen molar-refractivity contribution in [3.05, 3.63) is 30.0 Å². The van der Waals surface area contributed by atoms with Crippen molar-refractivity contribution < 1.29 is 28.5 Å². The van der Waals surface area contributed by atoms with E-state index in [4.69, 9.17) is 18.9 Å². The van der Waals surface area contributed by atoms with Crippen molar-refractivity contribution in [2.24, 2.45) is 5.92 Å². The number of hydrogen-bond donors (Lipinski definition) is 0. The summed E-state index contributed by atoms with van der Waals surface area (Å²) in [6.45, 7) is 6.11. The number of carbonyl (C=O) groups excluding carboxylic acids is 2. The lowest BCUT2D eigenvalue weighted by atomic mass is 9.78. The van der Waals surface area contributed by atoms with Gasteiger partial charge in [0.2, 0.25) is 0 Å². The number of fused-ring (bicyclic) bond motifs is 2. The minimum atomic E-state index is -0.298. The first-order chi connectivity index (χ1) is 14.1. The molecule has 1 aromatic carbocycles. The number of carbonyl (C=O) groups is 2. The molecule has 7 nitrogen and oxygen atoms in total. The van der Waals surface area contributed by atoms with E-state index < -0.39 is 0 Å². The minimum absolute atomic E-state index is 0.0754.